The molecule has 290 valence electrons. The minimum absolute atomic E-state index is 0.000914. The largest absolute Gasteiger partial charge is 0.503 e. The fourth-order valence-corrected chi connectivity index (χ4v) is 7.42. The highest BCUT2D eigenvalue weighted by Crippen LogP contribution is 2.43. The molecule has 6 aromatic rings. The minimum atomic E-state index is -1.63. The summed E-state index contributed by atoms with van der Waals surface area (Å²) in [6.45, 7) is 5.59. The van der Waals surface area contributed by atoms with Crippen LogP contribution in [-0.2, 0) is 16.0 Å². The number of halogens is 8. The second kappa shape index (κ2) is 15.1. The van der Waals surface area contributed by atoms with E-state index in [9.17, 15) is 33.8 Å². The molecule has 0 bridgehead atoms. The van der Waals surface area contributed by atoms with Gasteiger partial charge in [-0.15, -0.1) is 0 Å². The smallest absolute Gasteiger partial charge is 0.319 e. The van der Waals surface area contributed by atoms with Crippen molar-refractivity contribution < 1.29 is 51.7 Å². The van der Waals surface area contributed by atoms with E-state index in [1.54, 1.807) is 0 Å². The number of aromatic nitrogens is 2. The Bertz CT molecular complexity index is 2710. The average Bonchev–Trinajstić information content (AvgIpc) is 3.55. The highest BCUT2D eigenvalue weighted by Gasteiger charge is 2.37. The number of carboxylic acid groups (broad SMARTS) is 1. The van der Waals surface area contributed by atoms with Gasteiger partial charge in [-0.05, 0) is 67.3 Å². The molecule has 4 aromatic carbocycles. The maximum atomic E-state index is 16.6. The van der Waals surface area contributed by atoms with Gasteiger partial charge in [-0.3, -0.25) is 28.3 Å². The first-order valence-electron chi connectivity index (χ1n) is 16.4. The first-order valence-corrected chi connectivity index (χ1v) is 17.9. The summed E-state index contributed by atoms with van der Waals surface area (Å²) in [6.07, 6.45) is -0.834. The minimum Gasteiger partial charge on any atom is -0.503 e. The zero-order chi connectivity index (χ0) is 41.2. The van der Waals surface area contributed by atoms with Gasteiger partial charge in [0.25, 0.3) is 11.8 Å². The van der Waals surface area contributed by atoms with Crippen molar-refractivity contribution in [3.8, 4) is 11.5 Å². The molecule has 2 heterocycles. The van der Waals surface area contributed by atoms with E-state index in [0.29, 0.717) is 12.1 Å². The van der Waals surface area contributed by atoms with Crippen LogP contribution in [0.3, 0.4) is 0 Å². The lowest BCUT2D eigenvalue weighted by molar-refractivity contribution is -0.138. The van der Waals surface area contributed by atoms with E-state index in [-0.39, 0.29) is 53.7 Å². The number of rotatable bonds is 8. The van der Waals surface area contributed by atoms with E-state index in [1.807, 2.05) is 0 Å². The molecule has 17 heteroatoms. The molecule has 2 N–H and O–H groups in total. The Kier molecular flexibility index (Phi) is 10.9. The SMILES string of the molecule is Cc1c(CC(=O)O)c2c(F)c(OC(=O)C(c3c(C)n(C(=O)c4ccc(Cl)c(Cl)c4)c4cc(F)c(O)c(F)c34)C(C)C)c(F)cc2n1C(=O)c1ccc(Cl)c(Cl)c1. The molecule has 0 aliphatic rings. The van der Waals surface area contributed by atoms with Gasteiger partial charge in [0.1, 0.15) is 0 Å². The standard InChI is InChI=1S/C39H26Cl4F4N2O7/c1-14(2)29(30-16(4)49(27-12-24(44)35(52)33(46)32(27)30)38(54)18-6-8-21(41)23(43)10-18)39(55)56-36-25(45)13-26-31(34(36)47)19(11-28(50)51)15(3)48(26)37(53)17-5-7-20(40)22(42)9-17/h5-10,12-14,29,52H,11H2,1-4H3,(H,50,51). The third kappa shape index (κ3) is 6.76. The topological polar surface area (TPSA) is 128 Å². The van der Waals surface area contributed by atoms with Crippen LogP contribution < -0.4 is 4.74 Å². The Morgan fingerprint density at radius 1 is 0.714 bits per heavy atom. The Hall–Kier alpha value is -5.08. The summed E-state index contributed by atoms with van der Waals surface area (Å²) < 4.78 is 70.6. The quantitative estimate of drug-likeness (QED) is 0.0886. The molecule has 1 atom stereocenters. The lowest BCUT2D eigenvalue weighted by Gasteiger charge is -2.21. The normalized spacial score (nSPS) is 12.2. The molecule has 0 spiro atoms. The molecule has 2 aromatic heterocycles. The third-order valence-corrected chi connectivity index (χ3v) is 10.9. The van der Waals surface area contributed by atoms with Gasteiger partial charge < -0.3 is 14.9 Å². The summed E-state index contributed by atoms with van der Waals surface area (Å²) >= 11 is 24.2. The second-order valence-corrected chi connectivity index (χ2v) is 14.8. The molecule has 56 heavy (non-hydrogen) atoms. The maximum absolute atomic E-state index is 16.6. The van der Waals surface area contributed by atoms with Crippen molar-refractivity contribution in [2.45, 2.75) is 40.0 Å². The highest BCUT2D eigenvalue weighted by molar-refractivity contribution is 6.42. The van der Waals surface area contributed by atoms with E-state index in [2.05, 4.69) is 0 Å². The monoisotopic (exact) mass is 850 g/mol. The van der Waals surface area contributed by atoms with E-state index < -0.39 is 98.6 Å². The lowest BCUT2D eigenvalue weighted by Crippen LogP contribution is -2.25. The summed E-state index contributed by atoms with van der Waals surface area (Å²) in [6, 6.07) is 9.06. The van der Waals surface area contributed by atoms with Crippen molar-refractivity contribution >= 4 is 92.0 Å². The van der Waals surface area contributed by atoms with Gasteiger partial charge in [-0.1, -0.05) is 60.3 Å². The number of carbonyl (C=O) groups is 4. The maximum Gasteiger partial charge on any atom is 0.319 e. The zero-order valence-corrected chi connectivity index (χ0v) is 32.4. The van der Waals surface area contributed by atoms with Crippen LogP contribution in [0.2, 0.25) is 20.1 Å². The molecule has 0 amide bonds. The molecule has 0 aliphatic carbocycles. The number of esters is 1. The van der Waals surface area contributed by atoms with Gasteiger partial charge in [0.15, 0.2) is 29.0 Å². The number of benzene rings is 4. The molecule has 6 rings (SSSR count). The second-order valence-electron chi connectivity index (χ2n) is 13.1. The third-order valence-electron chi connectivity index (χ3n) is 9.38. The van der Waals surface area contributed by atoms with Crippen LogP contribution in [0, 0.1) is 43.0 Å². The summed E-state index contributed by atoms with van der Waals surface area (Å²) in [7, 11) is 0. The fraction of sp³-hybridized carbons (Fsp3) is 0.179. The number of hydrogen-bond donors (Lipinski definition) is 2. The van der Waals surface area contributed by atoms with Crippen LogP contribution in [0.5, 0.6) is 11.5 Å². The summed E-state index contributed by atoms with van der Waals surface area (Å²) in [4.78, 5) is 53.7. The van der Waals surface area contributed by atoms with Gasteiger partial charge in [0.05, 0.1) is 43.5 Å². The van der Waals surface area contributed by atoms with E-state index in [4.69, 9.17) is 51.1 Å². The van der Waals surface area contributed by atoms with Crippen molar-refractivity contribution in [2.75, 3.05) is 0 Å². The van der Waals surface area contributed by atoms with Crippen molar-refractivity contribution in [2.24, 2.45) is 5.92 Å². The van der Waals surface area contributed by atoms with Gasteiger partial charge >= 0.3 is 11.9 Å². The van der Waals surface area contributed by atoms with Crippen LogP contribution >= 0.6 is 46.4 Å². The van der Waals surface area contributed by atoms with Crippen LogP contribution in [0.25, 0.3) is 21.8 Å². The summed E-state index contributed by atoms with van der Waals surface area (Å²) in [5.74, 6) is -15.7. The molecule has 0 saturated heterocycles. The van der Waals surface area contributed by atoms with Crippen LogP contribution in [-0.4, -0.2) is 43.1 Å². The van der Waals surface area contributed by atoms with Gasteiger partial charge in [0, 0.05) is 45.4 Å². The van der Waals surface area contributed by atoms with Crippen LogP contribution in [0.15, 0.2) is 48.5 Å². The molecule has 0 saturated carbocycles. The highest BCUT2D eigenvalue weighted by atomic mass is 35.5. The van der Waals surface area contributed by atoms with Gasteiger partial charge in [0.2, 0.25) is 5.75 Å². The predicted molar refractivity (Wildman–Crippen MR) is 202 cm³/mol. The Morgan fingerprint density at radius 2 is 1.21 bits per heavy atom. The van der Waals surface area contributed by atoms with Crippen molar-refractivity contribution in [1.82, 2.24) is 9.13 Å². The summed E-state index contributed by atoms with van der Waals surface area (Å²) in [5.41, 5.74) is -1.63. The number of aromatic hydroxyl groups is 1. The van der Waals surface area contributed by atoms with Crippen LogP contribution in [0.4, 0.5) is 17.6 Å². The Balaban J connectivity index is 1.53. The molecule has 0 aliphatic heterocycles. The number of fused-ring (bicyclic) bond motifs is 2. The fourth-order valence-electron chi connectivity index (χ4n) is 6.83. The van der Waals surface area contributed by atoms with Crippen molar-refractivity contribution in [1.29, 1.82) is 0 Å². The van der Waals surface area contributed by atoms with Gasteiger partial charge in [-0.25, -0.2) is 17.6 Å². The van der Waals surface area contributed by atoms with Crippen molar-refractivity contribution in [3.05, 3.63) is 126 Å². The molecule has 1 unspecified atom stereocenters. The number of carboxylic acids is 1. The van der Waals surface area contributed by atoms with E-state index in [0.717, 1.165) is 9.13 Å². The number of ether oxygens (including phenoxy) is 1. The predicted octanol–water partition coefficient (Wildman–Crippen LogP) is 10.4. The molecule has 0 fully saturated rings. The molecular weight excluding hydrogens is 826 g/mol. The first kappa shape index (κ1) is 40.6. The molecule has 0 radical (unpaired) electrons. The summed E-state index contributed by atoms with van der Waals surface area (Å²) in [5, 5.41) is 19.1. The van der Waals surface area contributed by atoms with Crippen molar-refractivity contribution in [3.63, 3.8) is 0 Å². The number of phenols is 1. The first-order chi connectivity index (χ1) is 26.3. The number of carbonyl (C=O) groups excluding carboxylic acids is 3. The van der Waals surface area contributed by atoms with E-state index >= 15 is 13.2 Å². The van der Waals surface area contributed by atoms with E-state index in [1.165, 1.54) is 64.1 Å². The van der Waals surface area contributed by atoms with Crippen LogP contribution in [0.1, 0.15) is 63.0 Å². The number of nitrogens with zero attached hydrogens (tertiary/aromatic N) is 2. The number of aliphatic carboxylic acids is 1. The van der Waals surface area contributed by atoms with Gasteiger partial charge in [-0.2, -0.15) is 0 Å². The number of hydrogen-bond acceptors (Lipinski definition) is 6. The zero-order valence-electron chi connectivity index (χ0n) is 29.3. The lowest BCUT2D eigenvalue weighted by atomic mass is 9.86. The Morgan fingerprint density at radius 3 is 1.71 bits per heavy atom. The Labute approximate surface area is 334 Å². The number of phenolic OH excluding ortho intramolecular Hbond substituents is 1. The molecular formula is C39H26Cl4F4N2O7. The molecule has 9 nitrogen and oxygen atoms in total. The average molecular weight is 852 g/mol.